The zero-order valence-electron chi connectivity index (χ0n) is 20.7. The van der Waals surface area contributed by atoms with E-state index in [0.717, 1.165) is 11.1 Å². The molecule has 8 nitrogen and oxygen atoms in total. The van der Waals surface area contributed by atoms with Crippen molar-refractivity contribution in [3.63, 3.8) is 0 Å². The van der Waals surface area contributed by atoms with Crippen molar-refractivity contribution in [1.82, 2.24) is 14.1 Å². The summed E-state index contributed by atoms with van der Waals surface area (Å²) in [5, 5.41) is 9.74. The number of rotatable bonds is 6. The van der Waals surface area contributed by atoms with E-state index in [2.05, 4.69) is 0 Å². The predicted molar refractivity (Wildman–Crippen MR) is 132 cm³/mol. The summed E-state index contributed by atoms with van der Waals surface area (Å²) < 4.78 is 34.9. The molecule has 0 radical (unpaired) electrons. The van der Waals surface area contributed by atoms with Crippen molar-refractivity contribution >= 4 is 15.9 Å². The second kappa shape index (κ2) is 10.4. The standard InChI is InChI=1S/C25H35N3O5S/c1-17-14-28(18(2)16-29)34(31,32)24-12-11-21(13-22(24)33-23(17)15-26(3)4)19-7-9-20(10-8-19)25(30)27(5)6/h7-13,17-18,23,29H,14-16H2,1-6H3/t17-,18-,23-/m1/s1. The van der Waals surface area contributed by atoms with Gasteiger partial charge in [-0.25, -0.2) is 8.42 Å². The first-order valence-electron chi connectivity index (χ1n) is 11.4. The van der Waals surface area contributed by atoms with Gasteiger partial charge in [0.25, 0.3) is 5.91 Å². The van der Waals surface area contributed by atoms with Gasteiger partial charge in [-0.05, 0) is 56.4 Å². The monoisotopic (exact) mass is 489 g/mol. The number of fused-ring (bicyclic) bond motifs is 1. The largest absolute Gasteiger partial charge is 0.487 e. The molecule has 0 aromatic heterocycles. The van der Waals surface area contributed by atoms with Crippen molar-refractivity contribution in [2.75, 3.05) is 47.9 Å². The molecule has 1 aliphatic rings. The number of carbonyl (C=O) groups is 1. The molecule has 1 aliphatic heterocycles. The number of likely N-dealkylation sites (N-methyl/N-ethyl adjacent to an activating group) is 1. The maximum Gasteiger partial charge on any atom is 0.253 e. The SMILES string of the molecule is C[C@@H]1CN([C@H](C)CO)S(=O)(=O)c2ccc(-c3ccc(C(=O)N(C)C)cc3)cc2O[C@@H]1CN(C)C. The summed E-state index contributed by atoms with van der Waals surface area (Å²) in [5.41, 5.74) is 2.21. The summed E-state index contributed by atoms with van der Waals surface area (Å²) in [5.74, 6) is 0.108. The fraction of sp³-hybridized carbons (Fsp3) is 0.480. The molecule has 0 fully saturated rings. The maximum atomic E-state index is 13.6. The Labute approximate surface area is 202 Å². The van der Waals surface area contributed by atoms with Gasteiger partial charge in [0.15, 0.2) is 0 Å². The number of hydrogen-bond donors (Lipinski definition) is 1. The van der Waals surface area contributed by atoms with Gasteiger partial charge in [0, 0.05) is 44.7 Å². The van der Waals surface area contributed by atoms with Gasteiger partial charge < -0.3 is 19.6 Å². The molecular formula is C25H35N3O5S. The number of benzene rings is 2. The second-order valence-corrected chi connectivity index (χ2v) is 11.3. The van der Waals surface area contributed by atoms with Gasteiger partial charge in [-0.3, -0.25) is 4.79 Å². The van der Waals surface area contributed by atoms with Crippen LogP contribution >= 0.6 is 0 Å². The lowest BCUT2D eigenvalue weighted by Crippen LogP contribution is -2.49. The average molecular weight is 490 g/mol. The molecule has 3 atom stereocenters. The molecule has 0 spiro atoms. The Kier molecular flexibility index (Phi) is 8.02. The topological polar surface area (TPSA) is 90.4 Å². The van der Waals surface area contributed by atoms with E-state index in [9.17, 15) is 18.3 Å². The zero-order valence-corrected chi connectivity index (χ0v) is 21.5. The van der Waals surface area contributed by atoms with E-state index in [0.29, 0.717) is 17.9 Å². The Hall–Kier alpha value is -2.46. The van der Waals surface area contributed by atoms with E-state index in [1.54, 1.807) is 51.4 Å². The third-order valence-electron chi connectivity index (χ3n) is 6.08. The molecule has 0 unspecified atom stereocenters. The van der Waals surface area contributed by atoms with Crippen LogP contribution in [-0.4, -0.2) is 93.6 Å². The van der Waals surface area contributed by atoms with E-state index in [1.807, 2.05) is 38.1 Å². The molecule has 0 saturated heterocycles. The van der Waals surface area contributed by atoms with Crippen LogP contribution in [0.2, 0.25) is 0 Å². The third-order valence-corrected chi connectivity index (χ3v) is 8.10. The first-order valence-corrected chi connectivity index (χ1v) is 12.8. The lowest BCUT2D eigenvalue weighted by Gasteiger charge is -2.37. The minimum atomic E-state index is -3.88. The Morgan fingerprint density at radius 3 is 2.29 bits per heavy atom. The molecule has 1 N–H and O–H groups in total. The van der Waals surface area contributed by atoms with Crippen LogP contribution in [0, 0.1) is 5.92 Å². The first kappa shape index (κ1) is 26.2. The van der Waals surface area contributed by atoms with E-state index in [-0.39, 0.29) is 36.0 Å². The van der Waals surface area contributed by atoms with Crippen LogP contribution in [0.15, 0.2) is 47.4 Å². The highest BCUT2D eigenvalue weighted by Crippen LogP contribution is 2.36. The van der Waals surface area contributed by atoms with Crippen LogP contribution in [-0.2, 0) is 10.0 Å². The number of sulfonamides is 1. The minimum Gasteiger partial charge on any atom is -0.487 e. The number of ether oxygens (including phenoxy) is 1. The molecule has 34 heavy (non-hydrogen) atoms. The zero-order chi connectivity index (χ0) is 25.2. The molecular weight excluding hydrogens is 454 g/mol. The lowest BCUT2D eigenvalue weighted by atomic mass is 10.0. The van der Waals surface area contributed by atoms with Crippen molar-refractivity contribution in [2.24, 2.45) is 5.92 Å². The number of aliphatic hydroxyl groups excluding tert-OH is 1. The summed E-state index contributed by atoms with van der Waals surface area (Å²) in [6.45, 7) is 4.28. The molecule has 1 amide bonds. The summed E-state index contributed by atoms with van der Waals surface area (Å²) in [6.07, 6.45) is -0.243. The Balaban J connectivity index is 2.09. The number of carbonyl (C=O) groups excluding carboxylic acids is 1. The normalized spacial score (nSPS) is 21.2. The van der Waals surface area contributed by atoms with E-state index >= 15 is 0 Å². The maximum absolute atomic E-state index is 13.6. The Morgan fingerprint density at radius 2 is 1.74 bits per heavy atom. The molecule has 2 aromatic carbocycles. The predicted octanol–water partition coefficient (Wildman–Crippen LogP) is 2.39. The quantitative estimate of drug-likeness (QED) is 0.670. The Bertz CT molecular complexity index is 1120. The Morgan fingerprint density at radius 1 is 1.12 bits per heavy atom. The van der Waals surface area contributed by atoms with Crippen LogP contribution in [0.3, 0.4) is 0 Å². The highest BCUT2D eigenvalue weighted by atomic mass is 32.2. The lowest BCUT2D eigenvalue weighted by molar-refractivity contribution is 0.0812. The molecule has 9 heteroatoms. The van der Waals surface area contributed by atoms with E-state index in [1.165, 1.54) is 9.21 Å². The van der Waals surface area contributed by atoms with Gasteiger partial charge in [-0.15, -0.1) is 0 Å². The van der Waals surface area contributed by atoms with Crippen molar-refractivity contribution in [3.05, 3.63) is 48.0 Å². The number of amides is 1. The molecule has 0 aliphatic carbocycles. The van der Waals surface area contributed by atoms with Crippen LogP contribution in [0.5, 0.6) is 5.75 Å². The van der Waals surface area contributed by atoms with Crippen molar-refractivity contribution in [3.8, 4) is 16.9 Å². The average Bonchev–Trinajstić information content (AvgIpc) is 2.79. The summed E-state index contributed by atoms with van der Waals surface area (Å²) in [4.78, 5) is 15.8. The van der Waals surface area contributed by atoms with Crippen LogP contribution in [0.25, 0.3) is 11.1 Å². The molecule has 2 aromatic rings. The van der Waals surface area contributed by atoms with Gasteiger partial charge in [-0.1, -0.05) is 25.1 Å². The van der Waals surface area contributed by atoms with Gasteiger partial charge in [-0.2, -0.15) is 4.31 Å². The van der Waals surface area contributed by atoms with Crippen molar-refractivity contribution in [1.29, 1.82) is 0 Å². The van der Waals surface area contributed by atoms with Crippen LogP contribution < -0.4 is 4.74 Å². The highest BCUT2D eigenvalue weighted by molar-refractivity contribution is 7.89. The van der Waals surface area contributed by atoms with E-state index in [4.69, 9.17) is 4.74 Å². The third kappa shape index (κ3) is 5.43. The van der Waals surface area contributed by atoms with Crippen molar-refractivity contribution < 1.29 is 23.1 Å². The smallest absolute Gasteiger partial charge is 0.253 e. The van der Waals surface area contributed by atoms with Crippen LogP contribution in [0.1, 0.15) is 24.2 Å². The van der Waals surface area contributed by atoms with Crippen LogP contribution in [0.4, 0.5) is 0 Å². The highest BCUT2D eigenvalue weighted by Gasteiger charge is 2.38. The summed E-state index contributed by atoms with van der Waals surface area (Å²) in [7, 11) is 3.43. The second-order valence-electron chi connectivity index (χ2n) is 9.44. The van der Waals surface area contributed by atoms with E-state index < -0.39 is 16.1 Å². The van der Waals surface area contributed by atoms with Crippen molar-refractivity contribution in [2.45, 2.75) is 30.9 Å². The van der Waals surface area contributed by atoms with Gasteiger partial charge >= 0.3 is 0 Å². The summed E-state index contributed by atoms with van der Waals surface area (Å²) in [6, 6.07) is 11.7. The molecule has 0 bridgehead atoms. The number of nitrogens with zero attached hydrogens (tertiary/aromatic N) is 3. The minimum absolute atomic E-state index is 0.0854. The number of hydrogen-bond acceptors (Lipinski definition) is 6. The molecule has 186 valence electrons. The van der Waals surface area contributed by atoms with Gasteiger partial charge in [0.05, 0.1) is 6.61 Å². The van der Waals surface area contributed by atoms with Gasteiger partial charge in [0.2, 0.25) is 10.0 Å². The summed E-state index contributed by atoms with van der Waals surface area (Å²) >= 11 is 0. The fourth-order valence-electron chi connectivity index (χ4n) is 4.05. The molecule has 0 saturated carbocycles. The molecule has 3 rings (SSSR count). The number of aliphatic hydroxyl groups is 1. The van der Waals surface area contributed by atoms with Gasteiger partial charge in [0.1, 0.15) is 16.7 Å². The fourth-order valence-corrected chi connectivity index (χ4v) is 5.87. The first-order chi connectivity index (χ1) is 15.9. The molecule has 1 heterocycles.